The van der Waals surface area contributed by atoms with Crippen molar-refractivity contribution in [2.75, 3.05) is 37.6 Å². The summed E-state index contributed by atoms with van der Waals surface area (Å²) in [5, 5.41) is 3.91. The van der Waals surface area contributed by atoms with Crippen molar-refractivity contribution in [2.24, 2.45) is 0 Å². The fourth-order valence-electron chi connectivity index (χ4n) is 2.03. The van der Waals surface area contributed by atoms with Gasteiger partial charge in [-0.2, -0.15) is 0 Å². The lowest BCUT2D eigenvalue weighted by Crippen LogP contribution is -2.11. The maximum Gasteiger partial charge on any atom is 0.343 e. The summed E-state index contributed by atoms with van der Waals surface area (Å²) in [6.07, 6.45) is 5.18. The van der Waals surface area contributed by atoms with Gasteiger partial charge >= 0.3 is 11.9 Å². The number of hydrogen-bond donors (Lipinski definition) is 1. The van der Waals surface area contributed by atoms with Gasteiger partial charge in [0, 0.05) is 25.2 Å². The molecule has 0 fully saturated rings. The van der Waals surface area contributed by atoms with Crippen LogP contribution in [0.2, 0.25) is 5.15 Å². The van der Waals surface area contributed by atoms with Crippen LogP contribution in [0.15, 0.2) is 22.7 Å². The number of hydrogen-bond acceptors (Lipinski definition) is 11. The molecule has 0 aliphatic rings. The Hall–Kier alpha value is -2.11. The third-order valence-electron chi connectivity index (χ3n) is 3.37. The first kappa shape index (κ1) is 23.2. The number of rotatable bonds is 10. The highest BCUT2D eigenvalue weighted by atomic mass is 35.5. The van der Waals surface area contributed by atoms with Gasteiger partial charge in [0.15, 0.2) is 10.3 Å². The topological polar surface area (TPSA) is 116 Å². The normalized spacial score (nSPS) is 10.5. The summed E-state index contributed by atoms with van der Waals surface area (Å²) >= 11 is 8.69. The number of anilines is 1. The minimum atomic E-state index is -0.569. The van der Waals surface area contributed by atoms with Crippen LogP contribution in [0.4, 0.5) is 5.82 Å². The van der Waals surface area contributed by atoms with Crippen molar-refractivity contribution in [2.45, 2.75) is 23.7 Å². The van der Waals surface area contributed by atoms with Crippen molar-refractivity contribution < 1.29 is 19.1 Å². The molecule has 0 saturated heterocycles. The molecule has 0 saturated carbocycles. The quantitative estimate of drug-likeness (QED) is 0.186. The van der Waals surface area contributed by atoms with Crippen LogP contribution in [-0.2, 0) is 9.47 Å². The van der Waals surface area contributed by atoms with E-state index in [0.29, 0.717) is 28.3 Å². The number of aromatic nitrogens is 4. The van der Waals surface area contributed by atoms with Gasteiger partial charge in [-0.1, -0.05) is 35.1 Å². The van der Waals surface area contributed by atoms with Gasteiger partial charge < -0.3 is 14.8 Å². The van der Waals surface area contributed by atoms with Gasteiger partial charge in [-0.15, -0.1) is 0 Å². The van der Waals surface area contributed by atoms with Crippen molar-refractivity contribution in [1.29, 1.82) is 0 Å². The minimum Gasteiger partial charge on any atom is -0.462 e. The van der Waals surface area contributed by atoms with E-state index >= 15 is 0 Å². The Balaban J connectivity index is 1.81. The maximum absolute atomic E-state index is 12.1. The predicted octanol–water partition coefficient (Wildman–Crippen LogP) is 3.20. The molecule has 0 aliphatic heterocycles. The molecular weight excluding hydrogens is 438 g/mol. The van der Waals surface area contributed by atoms with E-state index < -0.39 is 11.9 Å². The monoisotopic (exact) mass is 457 g/mol. The summed E-state index contributed by atoms with van der Waals surface area (Å²) in [6.45, 7) is 2.21. The molecule has 12 heteroatoms. The summed E-state index contributed by atoms with van der Waals surface area (Å²) < 4.78 is 10.2. The number of thioether (sulfide) groups is 2. The Bertz CT molecular complexity index is 872. The number of carbonyl (C=O) groups is 2. The first-order chi connectivity index (χ1) is 14.0. The average Bonchev–Trinajstić information content (AvgIpc) is 2.73. The summed E-state index contributed by atoms with van der Waals surface area (Å²) in [4.78, 5) is 40.4. The molecule has 0 atom stereocenters. The van der Waals surface area contributed by atoms with Gasteiger partial charge in [-0.3, -0.25) is 0 Å². The molecule has 0 amide bonds. The van der Waals surface area contributed by atoms with Gasteiger partial charge in [-0.25, -0.2) is 29.5 Å². The molecule has 156 valence electrons. The van der Waals surface area contributed by atoms with Gasteiger partial charge in [0.2, 0.25) is 0 Å². The lowest BCUT2D eigenvalue weighted by atomic mass is 10.3. The fourth-order valence-corrected chi connectivity index (χ4v) is 3.35. The fraction of sp³-hybridized carbons (Fsp3) is 0.412. The first-order valence-electron chi connectivity index (χ1n) is 8.58. The molecule has 0 radical (unpaired) electrons. The van der Waals surface area contributed by atoms with E-state index in [9.17, 15) is 9.59 Å². The van der Waals surface area contributed by atoms with E-state index in [1.54, 1.807) is 14.0 Å². The predicted molar refractivity (Wildman–Crippen MR) is 112 cm³/mol. The highest BCUT2D eigenvalue weighted by Crippen LogP contribution is 2.20. The van der Waals surface area contributed by atoms with Crippen LogP contribution in [0.5, 0.6) is 0 Å². The average molecular weight is 458 g/mol. The van der Waals surface area contributed by atoms with Crippen LogP contribution in [0.1, 0.15) is 34.1 Å². The third kappa shape index (κ3) is 6.72. The Morgan fingerprint density at radius 2 is 1.79 bits per heavy atom. The van der Waals surface area contributed by atoms with Gasteiger partial charge in [0.05, 0.1) is 13.2 Å². The molecule has 0 spiro atoms. The largest absolute Gasteiger partial charge is 0.462 e. The molecule has 0 unspecified atom stereocenters. The van der Waals surface area contributed by atoms with E-state index in [1.807, 2.05) is 6.26 Å². The summed E-state index contributed by atoms with van der Waals surface area (Å²) in [5.74, 6) is -0.0328. The number of esters is 2. The molecule has 0 bridgehead atoms. The number of carbonyl (C=O) groups excluding carboxylic acids is 2. The van der Waals surface area contributed by atoms with Gasteiger partial charge in [-0.05, 0) is 19.6 Å². The molecule has 9 nitrogen and oxygen atoms in total. The summed E-state index contributed by atoms with van der Waals surface area (Å²) in [6, 6.07) is 0. The zero-order valence-electron chi connectivity index (χ0n) is 16.1. The Labute approximate surface area is 181 Å². The zero-order valence-corrected chi connectivity index (χ0v) is 18.5. The van der Waals surface area contributed by atoms with E-state index in [2.05, 4.69) is 25.3 Å². The van der Waals surface area contributed by atoms with Crippen molar-refractivity contribution in [3.8, 4) is 0 Å². The molecule has 2 aromatic heterocycles. The highest BCUT2D eigenvalue weighted by Gasteiger charge is 2.16. The van der Waals surface area contributed by atoms with Crippen LogP contribution >= 0.6 is 35.1 Å². The van der Waals surface area contributed by atoms with Crippen LogP contribution in [0.25, 0.3) is 0 Å². The van der Waals surface area contributed by atoms with Crippen LogP contribution in [-0.4, -0.2) is 64.1 Å². The standard InChI is InChI=1S/C17H20ClN5O4S2/c1-4-26-15(25)11-9-21-17(23-13(11)19-2)29-7-5-6-27-14(24)10-8-20-16(28-3)22-12(10)18/h8-9H,4-7H2,1-3H3,(H,19,21,23). The Morgan fingerprint density at radius 1 is 1.10 bits per heavy atom. The first-order valence-corrected chi connectivity index (χ1v) is 11.2. The second-order valence-corrected chi connectivity index (χ2v) is 7.48. The highest BCUT2D eigenvalue weighted by molar-refractivity contribution is 7.99. The zero-order chi connectivity index (χ0) is 21.2. The molecule has 0 aromatic carbocycles. The molecule has 29 heavy (non-hydrogen) atoms. The summed E-state index contributed by atoms with van der Waals surface area (Å²) in [7, 11) is 1.67. The second-order valence-electron chi connectivity index (χ2n) is 5.28. The summed E-state index contributed by atoms with van der Waals surface area (Å²) in [5.41, 5.74) is 0.410. The van der Waals surface area contributed by atoms with E-state index in [0.717, 1.165) is 0 Å². The van der Waals surface area contributed by atoms with E-state index in [1.165, 1.54) is 35.9 Å². The lowest BCUT2D eigenvalue weighted by molar-refractivity contribution is 0.0501. The second kappa shape index (κ2) is 11.8. The van der Waals surface area contributed by atoms with Crippen LogP contribution in [0.3, 0.4) is 0 Å². The number of ether oxygens (including phenoxy) is 2. The SMILES string of the molecule is CCOC(=O)c1cnc(SCCCOC(=O)c2cnc(SC)nc2Cl)nc1NC. The minimum absolute atomic E-state index is 0.0680. The Morgan fingerprint density at radius 3 is 2.45 bits per heavy atom. The van der Waals surface area contributed by atoms with Crippen molar-refractivity contribution in [3.05, 3.63) is 28.7 Å². The van der Waals surface area contributed by atoms with Crippen molar-refractivity contribution >= 4 is 52.9 Å². The lowest BCUT2D eigenvalue weighted by Gasteiger charge is -2.09. The van der Waals surface area contributed by atoms with Crippen molar-refractivity contribution in [1.82, 2.24) is 19.9 Å². The molecular formula is C17H20ClN5O4S2. The molecule has 1 N–H and O–H groups in total. The van der Waals surface area contributed by atoms with Crippen LogP contribution in [0, 0.1) is 0 Å². The molecule has 0 aliphatic carbocycles. The van der Waals surface area contributed by atoms with Crippen molar-refractivity contribution in [3.63, 3.8) is 0 Å². The number of nitrogens with one attached hydrogen (secondary N) is 1. The van der Waals surface area contributed by atoms with Crippen LogP contribution < -0.4 is 5.32 Å². The Kier molecular flexibility index (Phi) is 9.42. The van der Waals surface area contributed by atoms with Gasteiger partial charge in [0.25, 0.3) is 0 Å². The third-order valence-corrected chi connectivity index (χ3v) is 5.17. The smallest absolute Gasteiger partial charge is 0.343 e. The number of nitrogens with zero attached hydrogens (tertiary/aromatic N) is 4. The van der Waals surface area contributed by atoms with Gasteiger partial charge in [0.1, 0.15) is 22.1 Å². The van der Waals surface area contributed by atoms with E-state index in [-0.39, 0.29) is 29.5 Å². The molecule has 2 heterocycles. The maximum atomic E-state index is 12.1. The number of halogens is 1. The molecule has 2 rings (SSSR count). The van der Waals surface area contributed by atoms with E-state index in [4.69, 9.17) is 21.1 Å². The molecule has 2 aromatic rings.